The Hall–Kier alpha value is -2.48. The van der Waals surface area contributed by atoms with Gasteiger partial charge in [0.05, 0.1) is 18.5 Å². The van der Waals surface area contributed by atoms with Crippen molar-refractivity contribution in [2.75, 3.05) is 30.3 Å². The maximum absolute atomic E-state index is 12.3. The highest BCUT2D eigenvalue weighted by Crippen LogP contribution is 2.27. The maximum atomic E-state index is 12.3. The molecule has 6 nitrogen and oxygen atoms in total. The number of benzene rings is 3. The molecule has 0 aliphatic rings. The van der Waals surface area contributed by atoms with Crippen LogP contribution in [0, 0.1) is 0 Å². The lowest BCUT2D eigenvalue weighted by atomic mass is 10.1. The Kier molecular flexibility index (Phi) is 7.07. The summed E-state index contributed by atoms with van der Waals surface area (Å²) in [6.45, 7) is 0.0569. The first-order valence-electron chi connectivity index (χ1n) is 9.05. The number of hydrogen-bond acceptors (Lipinski definition) is 4. The number of fused-ring (bicyclic) bond motifs is 1. The van der Waals surface area contributed by atoms with E-state index in [2.05, 4.69) is 5.32 Å². The van der Waals surface area contributed by atoms with Gasteiger partial charge in [0, 0.05) is 15.4 Å². The molecule has 30 heavy (non-hydrogen) atoms. The Bertz CT molecular complexity index is 1140. The smallest absolute Gasteiger partial charge is 0.240 e. The number of sulfonamides is 1. The van der Waals surface area contributed by atoms with E-state index in [1.807, 2.05) is 42.5 Å². The molecular formula is C21H20Cl2N2O4S. The third-order valence-electron chi connectivity index (χ3n) is 4.25. The van der Waals surface area contributed by atoms with Crippen molar-refractivity contribution in [1.29, 1.82) is 0 Å². The molecule has 0 unspecified atom stereocenters. The largest absolute Gasteiger partial charge is 0.491 e. The van der Waals surface area contributed by atoms with Crippen molar-refractivity contribution < 1.29 is 17.9 Å². The number of hydrogen-bond donors (Lipinski definition) is 1. The predicted octanol–water partition coefficient (Wildman–Crippen LogP) is 4.11. The molecule has 1 N–H and O–H groups in total. The van der Waals surface area contributed by atoms with Gasteiger partial charge in [0.15, 0.2) is 0 Å². The zero-order valence-corrected chi connectivity index (χ0v) is 18.5. The molecule has 9 heteroatoms. The maximum Gasteiger partial charge on any atom is 0.240 e. The summed E-state index contributed by atoms with van der Waals surface area (Å²) < 4.78 is 31.1. The number of carbonyl (C=O) groups is 1. The van der Waals surface area contributed by atoms with Gasteiger partial charge in [0.2, 0.25) is 15.9 Å². The van der Waals surface area contributed by atoms with Crippen molar-refractivity contribution in [2.24, 2.45) is 0 Å². The van der Waals surface area contributed by atoms with Crippen molar-refractivity contribution in [2.45, 2.75) is 0 Å². The van der Waals surface area contributed by atoms with Crippen molar-refractivity contribution >= 4 is 55.6 Å². The Balaban J connectivity index is 1.59. The van der Waals surface area contributed by atoms with Gasteiger partial charge in [-0.3, -0.25) is 9.10 Å². The van der Waals surface area contributed by atoms with Crippen LogP contribution in [0.4, 0.5) is 5.69 Å². The second-order valence-corrected chi connectivity index (χ2v) is 9.35. The Morgan fingerprint density at radius 1 is 1.03 bits per heavy atom. The van der Waals surface area contributed by atoms with Gasteiger partial charge in [-0.05, 0) is 29.7 Å². The van der Waals surface area contributed by atoms with Gasteiger partial charge in [0.1, 0.15) is 18.9 Å². The van der Waals surface area contributed by atoms with E-state index in [-0.39, 0.29) is 28.9 Å². The van der Waals surface area contributed by atoms with E-state index in [1.165, 1.54) is 18.2 Å². The fraction of sp³-hybridized carbons (Fsp3) is 0.190. The molecule has 1 amide bonds. The van der Waals surface area contributed by atoms with Crippen LogP contribution in [-0.2, 0) is 14.8 Å². The highest BCUT2D eigenvalue weighted by atomic mass is 35.5. The molecule has 158 valence electrons. The van der Waals surface area contributed by atoms with Gasteiger partial charge in [-0.25, -0.2) is 8.42 Å². The van der Waals surface area contributed by atoms with Crippen molar-refractivity contribution in [3.63, 3.8) is 0 Å². The van der Waals surface area contributed by atoms with E-state index in [1.54, 1.807) is 0 Å². The summed E-state index contributed by atoms with van der Waals surface area (Å²) in [4.78, 5) is 12.3. The lowest BCUT2D eigenvalue weighted by Gasteiger charge is -2.22. The van der Waals surface area contributed by atoms with Crippen LogP contribution in [0.25, 0.3) is 10.8 Å². The van der Waals surface area contributed by atoms with Crippen molar-refractivity contribution in [3.05, 3.63) is 70.7 Å². The summed E-state index contributed by atoms with van der Waals surface area (Å²) in [7, 11) is -3.72. The molecule has 0 saturated heterocycles. The van der Waals surface area contributed by atoms with Gasteiger partial charge >= 0.3 is 0 Å². The van der Waals surface area contributed by atoms with Crippen LogP contribution in [0.2, 0.25) is 10.0 Å². The van der Waals surface area contributed by atoms with E-state index in [9.17, 15) is 13.2 Å². The number of rotatable bonds is 8. The molecule has 0 saturated carbocycles. The fourth-order valence-corrected chi connectivity index (χ4v) is 4.30. The van der Waals surface area contributed by atoms with Gasteiger partial charge in [-0.15, -0.1) is 0 Å². The van der Waals surface area contributed by atoms with Gasteiger partial charge < -0.3 is 10.1 Å². The van der Waals surface area contributed by atoms with Gasteiger partial charge in [-0.2, -0.15) is 0 Å². The highest BCUT2D eigenvalue weighted by molar-refractivity contribution is 7.92. The summed E-state index contributed by atoms with van der Waals surface area (Å²) in [5, 5.41) is 5.25. The molecule has 3 aromatic rings. The Morgan fingerprint density at radius 2 is 1.70 bits per heavy atom. The van der Waals surface area contributed by atoms with Crippen LogP contribution in [0.5, 0.6) is 5.75 Å². The van der Waals surface area contributed by atoms with Gasteiger partial charge in [-0.1, -0.05) is 59.6 Å². The number of halogens is 2. The van der Waals surface area contributed by atoms with Crippen molar-refractivity contribution in [1.82, 2.24) is 5.32 Å². The SMILES string of the molecule is CS(=O)(=O)N(CC(=O)NCCOc1cccc2ccccc12)c1cc(Cl)cc(Cl)c1. The first-order valence-corrected chi connectivity index (χ1v) is 11.7. The lowest BCUT2D eigenvalue weighted by molar-refractivity contribution is -0.119. The summed E-state index contributed by atoms with van der Waals surface area (Å²) >= 11 is 11.9. The molecule has 0 spiro atoms. The first kappa shape index (κ1) is 22.2. The summed E-state index contributed by atoms with van der Waals surface area (Å²) in [5.74, 6) is 0.242. The average Bonchev–Trinajstić information content (AvgIpc) is 2.68. The minimum Gasteiger partial charge on any atom is -0.491 e. The first-order chi connectivity index (χ1) is 14.2. The van der Waals surface area contributed by atoms with Crippen LogP contribution in [0.15, 0.2) is 60.7 Å². The molecule has 0 fully saturated rings. The molecule has 0 bridgehead atoms. The summed E-state index contributed by atoms with van der Waals surface area (Å²) in [6.07, 6.45) is 1.01. The van der Waals surface area contributed by atoms with E-state index in [0.29, 0.717) is 5.75 Å². The third kappa shape index (κ3) is 5.78. The van der Waals surface area contributed by atoms with E-state index < -0.39 is 22.5 Å². The minimum absolute atomic E-state index is 0.218. The summed E-state index contributed by atoms with van der Waals surface area (Å²) in [5.41, 5.74) is 0.220. The average molecular weight is 467 g/mol. The number of anilines is 1. The number of carbonyl (C=O) groups excluding carboxylic acids is 1. The molecule has 0 atom stereocenters. The molecule has 3 aromatic carbocycles. The minimum atomic E-state index is -3.72. The van der Waals surface area contributed by atoms with Crippen LogP contribution in [0.1, 0.15) is 0 Å². The van der Waals surface area contributed by atoms with Crippen molar-refractivity contribution in [3.8, 4) is 5.75 Å². The molecule has 0 heterocycles. The van der Waals surface area contributed by atoms with Crippen LogP contribution >= 0.6 is 23.2 Å². The van der Waals surface area contributed by atoms with Crippen LogP contribution in [0.3, 0.4) is 0 Å². The molecule has 0 aliphatic heterocycles. The molecule has 3 rings (SSSR count). The number of amides is 1. The zero-order valence-electron chi connectivity index (χ0n) is 16.1. The standard InChI is InChI=1S/C21H20Cl2N2O4S/c1-30(27,28)25(18-12-16(22)11-17(23)13-18)14-21(26)24-9-10-29-20-8-4-6-15-5-2-3-7-19(15)20/h2-8,11-13H,9-10,14H2,1H3,(H,24,26). The molecule has 0 aliphatic carbocycles. The highest BCUT2D eigenvalue weighted by Gasteiger charge is 2.21. The second-order valence-electron chi connectivity index (χ2n) is 6.57. The quantitative estimate of drug-likeness (QED) is 0.506. The monoisotopic (exact) mass is 466 g/mol. The van der Waals surface area contributed by atoms with E-state index >= 15 is 0 Å². The van der Waals surface area contributed by atoms with E-state index in [0.717, 1.165) is 21.3 Å². The normalized spacial score (nSPS) is 11.3. The predicted molar refractivity (Wildman–Crippen MR) is 121 cm³/mol. The number of nitrogens with one attached hydrogen (secondary N) is 1. The summed E-state index contributed by atoms with van der Waals surface area (Å²) in [6, 6.07) is 17.9. The zero-order chi connectivity index (χ0) is 21.7. The fourth-order valence-electron chi connectivity index (χ4n) is 2.94. The number of ether oxygens (including phenoxy) is 1. The van der Waals surface area contributed by atoms with E-state index in [4.69, 9.17) is 27.9 Å². The Labute approximate surface area is 185 Å². The molecular weight excluding hydrogens is 447 g/mol. The topological polar surface area (TPSA) is 75.7 Å². The van der Waals surface area contributed by atoms with Crippen LogP contribution < -0.4 is 14.4 Å². The van der Waals surface area contributed by atoms with Gasteiger partial charge in [0.25, 0.3) is 0 Å². The third-order valence-corrected chi connectivity index (χ3v) is 5.83. The second kappa shape index (κ2) is 9.55. The van der Waals surface area contributed by atoms with Crippen LogP contribution in [-0.4, -0.2) is 40.3 Å². The molecule has 0 aromatic heterocycles. The number of nitrogens with zero attached hydrogens (tertiary/aromatic N) is 1. The lowest BCUT2D eigenvalue weighted by Crippen LogP contribution is -2.41. The Morgan fingerprint density at radius 3 is 2.40 bits per heavy atom. The molecule has 0 radical (unpaired) electrons.